The first kappa shape index (κ1) is 24.4. The third-order valence-corrected chi connectivity index (χ3v) is 5.73. The highest BCUT2D eigenvalue weighted by atomic mass is 16.3. The number of hydrogen-bond acceptors (Lipinski definition) is 4. The minimum Gasteiger partial charge on any atom is -0.508 e. The maximum absolute atomic E-state index is 12.2. The molecule has 2 heterocycles. The Kier molecular flexibility index (Phi) is 9.50. The Morgan fingerprint density at radius 2 is 1.84 bits per heavy atom. The summed E-state index contributed by atoms with van der Waals surface area (Å²) in [5.74, 6) is 0.166. The van der Waals surface area contributed by atoms with Crippen molar-refractivity contribution in [3.8, 4) is 5.75 Å². The van der Waals surface area contributed by atoms with E-state index in [2.05, 4.69) is 18.8 Å². The Labute approximate surface area is 185 Å². The number of phenols is 1. The minimum atomic E-state index is -0.611. The number of piperidine rings is 1. The summed E-state index contributed by atoms with van der Waals surface area (Å²) in [6.45, 7) is 8.07. The molecule has 2 fully saturated rings. The number of carbonyl (C=O) groups is 3. The van der Waals surface area contributed by atoms with Crippen molar-refractivity contribution in [3.05, 3.63) is 54.1 Å². The van der Waals surface area contributed by atoms with Crippen LogP contribution in [0.2, 0.25) is 0 Å². The highest BCUT2D eigenvalue weighted by molar-refractivity contribution is 6.05. The highest BCUT2D eigenvalue weighted by Gasteiger charge is 2.39. The summed E-state index contributed by atoms with van der Waals surface area (Å²) >= 11 is 0. The van der Waals surface area contributed by atoms with Gasteiger partial charge < -0.3 is 10.0 Å². The molecule has 6 nitrogen and oxygen atoms in total. The van der Waals surface area contributed by atoms with Crippen LogP contribution >= 0.6 is 0 Å². The lowest BCUT2D eigenvalue weighted by Gasteiger charge is -2.29. The number of imide groups is 1. The molecule has 1 aliphatic carbocycles. The van der Waals surface area contributed by atoms with Crippen LogP contribution in [0.15, 0.2) is 43.0 Å². The fourth-order valence-corrected chi connectivity index (χ4v) is 4.00. The van der Waals surface area contributed by atoms with Crippen LogP contribution in [0.5, 0.6) is 5.75 Å². The monoisotopic (exact) mass is 426 g/mol. The van der Waals surface area contributed by atoms with E-state index < -0.39 is 11.9 Å². The molecule has 2 N–H and O–H groups in total. The maximum Gasteiger partial charge on any atom is 0.255 e. The Morgan fingerprint density at radius 1 is 1.13 bits per heavy atom. The second kappa shape index (κ2) is 12.1. The zero-order chi connectivity index (χ0) is 22.8. The molecule has 0 bridgehead atoms. The third-order valence-electron chi connectivity index (χ3n) is 5.73. The van der Waals surface area contributed by atoms with Crippen molar-refractivity contribution in [1.29, 1.82) is 0 Å². The highest BCUT2D eigenvalue weighted by Crippen LogP contribution is 2.29. The van der Waals surface area contributed by atoms with E-state index >= 15 is 0 Å². The molecule has 1 unspecified atom stereocenters. The molecule has 3 aliphatic rings. The SMILES string of the molecule is C=C/C=C\C.CC1CCCCC1.O=C1CCC(N2Cc3cc(O)ccc3C2=O)C(=O)N1. The summed E-state index contributed by atoms with van der Waals surface area (Å²) in [5, 5.41) is 11.7. The largest absolute Gasteiger partial charge is 0.508 e. The lowest BCUT2D eigenvalue weighted by atomic mass is 9.91. The average molecular weight is 427 g/mol. The molecule has 4 rings (SSSR count). The van der Waals surface area contributed by atoms with E-state index in [0.29, 0.717) is 17.5 Å². The number of nitrogens with one attached hydrogen (secondary N) is 1. The van der Waals surface area contributed by atoms with E-state index in [0.717, 1.165) is 5.92 Å². The first-order valence-electron chi connectivity index (χ1n) is 11.1. The molecule has 1 aromatic rings. The van der Waals surface area contributed by atoms with E-state index in [1.54, 1.807) is 12.1 Å². The van der Waals surface area contributed by atoms with Gasteiger partial charge in [-0.25, -0.2) is 0 Å². The number of phenolic OH excluding ortho intramolecular Hbond substituents is 1. The molecule has 168 valence electrons. The molecular weight excluding hydrogens is 392 g/mol. The van der Waals surface area contributed by atoms with Gasteiger partial charge in [-0.15, -0.1) is 0 Å². The zero-order valence-electron chi connectivity index (χ0n) is 18.6. The van der Waals surface area contributed by atoms with Crippen LogP contribution < -0.4 is 5.32 Å². The van der Waals surface area contributed by atoms with Crippen LogP contribution in [0.25, 0.3) is 0 Å². The zero-order valence-corrected chi connectivity index (χ0v) is 18.6. The first-order chi connectivity index (χ1) is 14.9. The van der Waals surface area contributed by atoms with Gasteiger partial charge in [-0.05, 0) is 43.0 Å². The third kappa shape index (κ3) is 7.09. The van der Waals surface area contributed by atoms with Crippen LogP contribution in [-0.4, -0.2) is 33.8 Å². The topological polar surface area (TPSA) is 86.7 Å². The Balaban J connectivity index is 0.000000234. The predicted molar refractivity (Wildman–Crippen MR) is 121 cm³/mol. The molecule has 1 saturated carbocycles. The molecule has 0 radical (unpaired) electrons. The fraction of sp³-hybridized carbons (Fsp3) is 0.480. The van der Waals surface area contributed by atoms with Gasteiger partial charge in [-0.2, -0.15) is 0 Å². The average Bonchev–Trinajstić information content (AvgIpc) is 3.05. The Hall–Kier alpha value is -2.89. The summed E-state index contributed by atoms with van der Waals surface area (Å²) in [6, 6.07) is 3.92. The molecule has 6 heteroatoms. The maximum atomic E-state index is 12.2. The lowest BCUT2D eigenvalue weighted by molar-refractivity contribution is -0.136. The second-order valence-electron chi connectivity index (χ2n) is 8.25. The molecule has 0 spiro atoms. The van der Waals surface area contributed by atoms with Gasteiger partial charge in [0.1, 0.15) is 11.8 Å². The lowest BCUT2D eigenvalue weighted by Crippen LogP contribution is -2.52. The van der Waals surface area contributed by atoms with Crippen molar-refractivity contribution in [1.82, 2.24) is 10.2 Å². The molecule has 1 saturated heterocycles. The number of benzene rings is 1. The number of hydrogen-bond donors (Lipinski definition) is 2. The second-order valence-corrected chi connectivity index (χ2v) is 8.25. The normalized spacial score (nSPS) is 20.9. The quantitative estimate of drug-likeness (QED) is 0.539. The van der Waals surface area contributed by atoms with Gasteiger partial charge in [-0.3, -0.25) is 19.7 Å². The summed E-state index contributed by atoms with van der Waals surface area (Å²) < 4.78 is 0. The summed E-state index contributed by atoms with van der Waals surface area (Å²) in [5.41, 5.74) is 1.21. The van der Waals surface area contributed by atoms with Crippen LogP contribution in [0, 0.1) is 5.92 Å². The molecule has 1 atom stereocenters. The fourth-order valence-electron chi connectivity index (χ4n) is 4.00. The van der Waals surface area contributed by atoms with Crippen LogP contribution in [0.4, 0.5) is 0 Å². The van der Waals surface area contributed by atoms with Gasteiger partial charge in [-0.1, -0.05) is 63.8 Å². The number of rotatable bonds is 2. The Morgan fingerprint density at radius 3 is 2.35 bits per heavy atom. The van der Waals surface area contributed by atoms with Crippen molar-refractivity contribution in [3.63, 3.8) is 0 Å². The first-order valence-corrected chi connectivity index (χ1v) is 11.1. The summed E-state index contributed by atoms with van der Waals surface area (Å²) in [7, 11) is 0. The van der Waals surface area contributed by atoms with Crippen molar-refractivity contribution >= 4 is 17.7 Å². The van der Waals surface area contributed by atoms with Gasteiger partial charge >= 0.3 is 0 Å². The molecule has 0 aromatic heterocycles. The minimum absolute atomic E-state index is 0.0941. The van der Waals surface area contributed by atoms with E-state index in [-0.39, 0.29) is 30.5 Å². The number of fused-ring (bicyclic) bond motifs is 1. The van der Waals surface area contributed by atoms with E-state index in [1.807, 2.05) is 19.1 Å². The molecular formula is C25H34N2O4. The van der Waals surface area contributed by atoms with Crippen molar-refractivity contribution < 1.29 is 19.5 Å². The molecule has 3 amide bonds. The molecule has 2 aliphatic heterocycles. The number of aromatic hydroxyl groups is 1. The van der Waals surface area contributed by atoms with Crippen LogP contribution in [0.1, 0.15) is 74.7 Å². The number of allylic oxidation sites excluding steroid dienone is 3. The van der Waals surface area contributed by atoms with Crippen molar-refractivity contribution in [2.75, 3.05) is 0 Å². The van der Waals surface area contributed by atoms with Crippen LogP contribution in [-0.2, 0) is 16.1 Å². The van der Waals surface area contributed by atoms with E-state index in [9.17, 15) is 19.5 Å². The van der Waals surface area contributed by atoms with Gasteiger partial charge in [0, 0.05) is 18.5 Å². The van der Waals surface area contributed by atoms with E-state index in [1.165, 1.54) is 49.1 Å². The molecule has 1 aromatic carbocycles. The Bertz CT molecular complexity index is 825. The van der Waals surface area contributed by atoms with Crippen molar-refractivity contribution in [2.45, 2.75) is 71.4 Å². The van der Waals surface area contributed by atoms with Gasteiger partial charge in [0.15, 0.2) is 0 Å². The number of carbonyl (C=O) groups excluding carboxylic acids is 3. The standard InChI is InChI=1S/C13H12N2O4.C7H14.C5H8/c16-8-1-2-9-7(5-8)6-15(13(9)19)10-3-4-11(17)14-12(10)18;1-7-5-3-2-4-6-7;1-3-5-4-2/h1-2,5,10,16H,3-4,6H2,(H,14,17,18);7H,2-6H2,1H3;3-5H,1H2,2H3/b;;5-4-. The predicted octanol–water partition coefficient (Wildman–Crippen LogP) is 4.49. The smallest absolute Gasteiger partial charge is 0.255 e. The van der Waals surface area contributed by atoms with E-state index in [4.69, 9.17) is 0 Å². The van der Waals surface area contributed by atoms with Gasteiger partial charge in [0.25, 0.3) is 5.91 Å². The van der Waals surface area contributed by atoms with Crippen LogP contribution in [0.3, 0.4) is 0 Å². The summed E-state index contributed by atoms with van der Waals surface area (Å²) in [4.78, 5) is 36.6. The molecule has 31 heavy (non-hydrogen) atoms. The number of nitrogens with zero attached hydrogens (tertiary/aromatic N) is 1. The summed E-state index contributed by atoms with van der Waals surface area (Å²) in [6.07, 6.45) is 13.6. The van der Waals surface area contributed by atoms with Gasteiger partial charge in [0.05, 0.1) is 0 Å². The van der Waals surface area contributed by atoms with Gasteiger partial charge in [0.2, 0.25) is 11.8 Å². The van der Waals surface area contributed by atoms with Crippen molar-refractivity contribution in [2.24, 2.45) is 5.92 Å². The number of amides is 3.